The van der Waals surface area contributed by atoms with E-state index in [0.29, 0.717) is 6.61 Å². The molecule has 0 spiro atoms. The van der Waals surface area contributed by atoms with Crippen LogP contribution in [0.1, 0.15) is 71.6 Å². The summed E-state index contributed by atoms with van der Waals surface area (Å²) < 4.78 is 4.78. The molecule has 0 unspecified atom stereocenters. The molecule has 0 saturated carbocycles. The summed E-state index contributed by atoms with van der Waals surface area (Å²) in [6, 6.07) is 0. The predicted molar refractivity (Wildman–Crippen MR) is 100 cm³/mol. The Balaban J connectivity index is 3.47. The highest BCUT2D eigenvalue weighted by atomic mass is 16.5. The van der Waals surface area contributed by atoms with Crippen molar-refractivity contribution in [2.45, 2.75) is 71.6 Å². The van der Waals surface area contributed by atoms with Gasteiger partial charge >= 0.3 is 5.97 Å². The highest BCUT2D eigenvalue weighted by molar-refractivity contribution is 5.82. The maximum atomic E-state index is 11.0. The molecule has 0 atom stereocenters. The summed E-state index contributed by atoms with van der Waals surface area (Å²) in [6.45, 7) is 4.47. The number of allylic oxidation sites excluding steroid dienone is 7. The van der Waals surface area contributed by atoms with E-state index in [0.717, 1.165) is 6.42 Å². The molecule has 0 bridgehead atoms. The second-order valence-corrected chi connectivity index (χ2v) is 5.57. The van der Waals surface area contributed by atoms with Crippen LogP contribution in [0.2, 0.25) is 0 Å². The smallest absolute Gasteiger partial charge is 0.330 e. The van der Waals surface area contributed by atoms with Crippen molar-refractivity contribution >= 4 is 5.97 Å². The molecule has 0 N–H and O–H groups in total. The maximum Gasteiger partial charge on any atom is 0.330 e. The van der Waals surface area contributed by atoms with E-state index in [1.165, 1.54) is 57.4 Å². The number of ether oxygens (including phenoxy) is 1. The summed E-state index contributed by atoms with van der Waals surface area (Å²) in [6.07, 6.45) is 27.2. The van der Waals surface area contributed by atoms with Gasteiger partial charge < -0.3 is 4.74 Å². The predicted octanol–water partition coefficient (Wildman–Crippen LogP) is 6.31. The fraction of sp³-hybridized carbons (Fsp3) is 0.571. The van der Waals surface area contributed by atoms with Crippen molar-refractivity contribution in [3.8, 4) is 0 Å². The molecule has 2 nitrogen and oxygen atoms in total. The Morgan fingerprint density at radius 3 is 1.96 bits per heavy atom. The second kappa shape index (κ2) is 18.5. The van der Waals surface area contributed by atoms with Crippen molar-refractivity contribution in [3.05, 3.63) is 48.6 Å². The zero-order valence-corrected chi connectivity index (χ0v) is 15.0. The molecular formula is C21H34O2. The average molecular weight is 319 g/mol. The SMILES string of the molecule is CCCCCCCCCC\C=C/C=C/C=C\C=C\C(=O)OCC. The molecule has 0 aromatic heterocycles. The molecule has 0 aliphatic rings. The van der Waals surface area contributed by atoms with Crippen LogP contribution in [0.25, 0.3) is 0 Å². The zero-order valence-electron chi connectivity index (χ0n) is 15.0. The van der Waals surface area contributed by atoms with Crippen LogP contribution < -0.4 is 0 Å². The van der Waals surface area contributed by atoms with Gasteiger partial charge in [0.25, 0.3) is 0 Å². The molecule has 0 rings (SSSR count). The first-order chi connectivity index (χ1) is 11.3. The summed E-state index contributed by atoms with van der Waals surface area (Å²) in [7, 11) is 0. The van der Waals surface area contributed by atoms with Gasteiger partial charge in [-0.3, -0.25) is 0 Å². The third-order valence-electron chi connectivity index (χ3n) is 3.43. The van der Waals surface area contributed by atoms with E-state index in [1.54, 1.807) is 13.0 Å². The van der Waals surface area contributed by atoms with Gasteiger partial charge in [0.2, 0.25) is 0 Å². The first kappa shape index (κ1) is 21.4. The van der Waals surface area contributed by atoms with E-state index in [1.807, 2.05) is 24.3 Å². The molecule has 0 amide bonds. The molecule has 23 heavy (non-hydrogen) atoms. The van der Waals surface area contributed by atoms with Crippen LogP contribution in [0.15, 0.2) is 48.6 Å². The zero-order chi connectivity index (χ0) is 17.0. The summed E-state index contributed by atoms with van der Waals surface area (Å²) in [5, 5.41) is 0. The Morgan fingerprint density at radius 1 is 0.739 bits per heavy atom. The fourth-order valence-electron chi connectivity index (χ4n) is 2.15. The van der Waals surface area contributed by atoms with Gasteiger partial charge in [-0.15, -0.1) is 0 Å². The molecule has 0 radical (unpaired) electrons. The Kier molecular flexibility index (Phi) is 17.2. The van der Waals surface area contributed by atoms with Gasteiger partial charge in [0, 0.05) is 6.08 Å². The van der Waals surface area contributed by atoms with Crippen molar-refractivity contribution in [3.63, 3.8) is 0 Å². The first-order valence-electron chi connectivity index (χ1n) is 9.14. The Hall–Kier alpha value is -1.57. The van der Waals surface area contributed by atoms with Gasteiger partial charge in [-0.05, 0) is 19.8 Å². The van der Waals surface area contributed by atoms with Crippen molar-refractivity contribution in [2.75, 3.05) is 6.61 Å². The van der Waals surface area contributed by atoms with E-state index >= 15 is 0 Å². The Labute approximate surface area is 143 Å². The normalized spacial score (nSPS) is 12.3. The molecule has 0 aliphatic heterocycles. The molecule has 2 heteroatoms. The van der Waals surface area contributed by atoms with Gasteiger partial charge in [-0.25, -0.2) is 4.79 Å². The van der Waals surface area contributed by atoms with Crippen molar-refractivity contribution < 1.29 is 9.53 Å². The summed E-state index contributed by atoms with van der Waals surface area (Å²) in [5.74, 6) is -0.300. The third-order valence-corrected chi connectivity index (χ3v) is 3.43. The van der Waals surface area contributed by atoms with Crippen molar-refractivity contribution in [1.29, 1.82) is 0 Å². The van der Waals surface area contributed by atoms with E-state index in [-0.39, 0.29) is 5.97 Å². The average Bonchev–Trinajstić information content (AvgIpc) is 2.54. The highest BCUT2D eigenvalue weighted by Gasteiger charge is 1.90. The van der Waals surface area contributed by atoms with Crippen LogP contribution in [0.4, 0.5) is 0 Å². The lowest BCUT2D eigenvalue weighted by Gasteiger charge is -1.99. The number of esters is 1. The van der Waals surface area contributed by atoms with Crippen molar-refractivity contribution in [2.24, 2.45) is 0 Å². The van der Waals surface area contributed by atoms with Crippen LogP contribution >= 0.6 is 0 Å². The minimum atomic E-state index is -0.300. The van der Waals surface area contributed by atoms with Crippen LogP contribution in [0.3, 0.4) is 0 Å². The quantitative estimate of drug-likeness (QED) is 0.162. The monoisotopic (exact) mass is 318 g/mol. The molecule has 0 fully saturated rings. The first-order valence-corrected chi connectivity index (χ1v) is 9.14. The van der Waals surface area contributed by atoms with Crippen molar-refractivity contribution in [1.82, 2.24) is 0 Å². The summed E-state index contributed by atoms with van der Waals surface area (Å²) in [4.78, 5) is 11.0. The van der Waals surface area contributed by atoms with Crippen LogP contribution in [-0.4, -0.2) is 12.6 Å². The Morgan fingerprint density at radius 2 is 1.30 bits per heavy atom. The van der Waals surface area contributed by atoms with Gasteiger partial charge in [0.1, 0.15) is 0 Å². The summed E-state index contributed by atoms with van der Waals surface area (Å²) in [5.41, 5.74) is 0. The second-order valence-electron chi connectivity index (χ2n) is 5.57. The third kappa shape index (κ3) is 18.4. The van der Waals surface area contributed by atoms with Gasteiger partial charge in [0.05, 0.1) is 6.61 Å². The number of hydrogen-bond acceptors (Lipinski definition) is 2. The number of rotatable bonds is 14. The molecule has 0 aliphatic carbocycles. The largest absolute Gasteiger partial charge is 0.463 e. The van der Waals surface area contributed by atoms with Crippen LogP contribution in [0, 0.1) is 0 Å². The minimum Gasteiger partial charge on any atom is -0.463 e. The fourth-order valence-corrected chi connectivity index (χ4v) is 2.15. The highest BCUT2D eigenvalue weighted by Crippen LogP contribution is 2.09. The standard InChI is InChI=1S/C21H34O2/c1-3-5-6-7-8-9-10-11-12-13-14-15-16-17-18-19-20-21(22)23-4-2/h13-20H,3-12H2,1-2H3/b14-13-,16-15+,18-17-,20-19+. The van der Waals surface area contributed by atoms with E-state index in [9.17, 15) is 4.79 Å². The van der Waals surface area contributed by atoms with E-state index in [2.05, 4.69) is 19.1 Å². The maximum absolute atomic E-state index is 11.0. The molecule has 0 aromatic carbocycles. The number of hydrogen-bond donors (Lipinski definition) is 0. The summed E-state index contributed by atoms with van der Waals surface area (Å²) >= 11 is 0. The Bertz CT molecular complexity index is 375. The molecule has 0 aromatic rings. The molecular weight excluding hydrogens is 284 g/mol. The van der Waals surface area contributed by atoms with E-state index in [4.69, 9.17) is 4.74 Å². The number of carbonyl (C=O) groups is 1. The molecule has 0 heterocycles. The van der Waals surface area contributed by atoms with Gasteiger partial charge in [0.15, 0.2) is 0 Å². The van der Waals surface area contributed by atoms with Gasteiger partial charge in [-0.1, -0.05) is 94.4 Å². The van der Waals surface area contributed by atoms with Crippen LogP contribution in [0.5, 0.6) is 0 Å². The lowest BCUT2D eigenvalue weighted by molar-refractivity contribution is -0.137. The minimum absolute atomic E-state index is 0.300. The van der Waals surface area contributed by atoms with Gasteiger partial charge in [-0.2, -0.15) is 0 Å². The topological polar surface area (TPSA) is 26.3 Å². The lowest BCUT2D eigenvalue weighted by Crippen LogP contribution is -1.98. The lowest BCUT2D eigenvalue weighted by atomic mass is 10.1. The molecule has 0 saturated heterocycles. The molecule has 130 valence electrons. The van der Waals surface area contributed by atoms with Crippen LogP contribution in [-0.2, 0) is 9.53 Å². The van der Waals surface area contributed by atoms with E-state index < -0.39 is 0 Å². The number of unbranched alkanes of at least 4 members (excludes halogenated alkanes) is 8. The number of carbonyl (C=O) groups excluding carboxylic acids is 1.